The zero-order valence-corrected chi connectivity index (χ0v) is 17.0. The van der Waals surface area contributed by atoms with E-state index in [-0.39, 0.29) is 12.5 Å². The molecule has 0 saturated heterocycles. The molecule has 4 aromatic rings. The lowest BCUT2D eigenvalue weighted by Gasteiger charge is -2.12. The van der Waals surface area contributed by atoms with Gasteiger partial charge in [-0.15, -0.1) is 11.3 Å². The minimum atomic E-state index is -0.147. The second-order valence-corrected chi connectivity index (χ2v) is 8.37. The number of hydrogen-bond acceptors (Lipinski definition) is 7. The van der Waals surface area contributed by atoms with Crippen LogP contribution in [0.2, 0.25) is 0 Å². The van der Waals surface area contributed by atoms with E-state index in [1.165, 1.54) is 22.7 Å². The van der Waals surface area contributed by atoms with Crippen LogP contribution in [0.5, 0.6) is 0 Å². The SMILES string of the molecule is CN(CCO)c1nc2sc(C(=O)Nc3ccc(-c4ccn(C)n4)cc3)cc2s1. The van der Waals surface area contributed by atoms with E-state index < -0.39 is 0 Å². The topological polar surface area (TPSA) is 83.3 Å². The second-order valence-electron chi connectivity index (χ2n) is 6.33. The molecule has 4 rings (SSSR count). The summed E-state index contributed by atoms with van der Waals surface area (Å²) in [6.07, 6.45) is 1.90. The van der Waals surface area contributed by atoms with Gasteiger partial charge in [0.15, 0.2) is 5.13 Å². The molecular formula is C19H19N5O2S2. The zero-order valence-electron chi connectivity index (χ0n) is 15.4. The Balaban J connectivity index is 1.46. The first-order chi connectivity index (χ1) is 13.5. The third-order valence-corrected chi connectivity index (χ3v) is 6.49. The monoisotopic (exact) mass is 413 g/mol. The van der Waals surface area contributed by atoms with E-state index in [2.05, 4.69) is 15.4 Å². The van der Waals surface area contributed by atoms with Gasteiger partial charge in [0.2, 0.25) is 0 Å². The van der Waals surface area contributed by atoms with Crippen molar-refractivity contribution in [1.82, 2.24) is 14.8 Å². The van der Waals surface area contributed by atoms with Gasteiger partial charge in [0.1, 0.15) is 4.83 Å². The smallest absolute Gasteiger partial charge is 0.265 e. The van der Waals surface area contributed by atoms with E-state index in [1.54, 1.807) is 4.68 Å². The van der Waals surface area contributed by atoms with Gasteiger partial charge < -0.3 is 15.3 Å². The molecule has 0 aliphatic heterocycles. The minimum absolute atomic E-state index is 0.0799. The fourth-order valence-corrected chi connectivity index (χ4v) is 4.82. The van der Waals surface area contributed by atoms with Gasteiger partial charge in [-0.3, -0.25) is 9.48 Å². The lowest BCUT2D eigenvalue weighted by molar-refractivity contribution is 0.103. The summed E-state index contributed by atoms with van der Waals surface area (Å²) < 4.78 is 2.73. The van der Waals surface area contributed by atoms with Crippen molar-refractivity contribution in [2.24, 2.45) is 7.05 Å². The van der Waals surface area contributed by atoms with Crippen molar-refractivity contribution in [2.45, 2.75) is 0 Å². The van der Waals surface area contributed by atoms with Crippen LogP contribution in [-0.4, -0.2) is 46.0 Å². The van der Waals surface area contributed by atoms with Crippen LogP contribution >= 0.6 is 22.7 Å². The van der Waals surface area contributed by atoms with E-state index in [9.17, 15) is 4.79 Å². The molecule has 0 fully saturated rings. The third-order valence-electron chi connectivity index (χ3n) is 4.22. The standard InChI is InChI=1S/C19H19N5O2S2/c1-23(9-10-25)19-21-18-16(28-19)11-15(27-18)17(26)20-13-5-3-12(4-6-13)14-7-8-24(2)22-14/h3-8,11,25H,9-10H2,1-2H3,(H,20,26). The van der Waals surface area contributed by atoms with Gasteiger partial charge in [-0.2, -0.15) is 5.10 Å². The van der Waals surface area contributed by atoms with Crippen LogP contribution in [0.25, 0.3) is 20.8 Å². The molecule has 144 valence electrons. The molecule has 0 unspecified atom stereocenters. The Morgan fingerprint density at radius 1 is 1.25 bits per heavy atom. The minimum Gasteiger partial charge on any atom is -0.395 e. The Bertz CT molecular complexity index is 1080. The number of aromatic nitrogens is 3. The Kier molecular flexibility index (Phi) is 5.12. The van der Waals surface area contributed by atoms with Crippen molar-refractivity contribution in [2.75, 3.05) is 30.4 Å². The highest BCUT2D eigenvalue weighted by molar-refractivity contribution is 7.29. The summed E-state index contributed by atoms with van der Waals surface area (Å²) in [4.78, 5) is 20.5. The summed E-state index contributed by atoms with van der Waals surface area (Å²) in [7, 11) is 3.77. The summed E-state index contributed by atoms with van der Waals surface area (Å²) in [5.41, 5.74) is 2.63. The second kappa shape index (κ2) is 7.70. The van der Waals surface area contributed by atoms with Crippen molar-refractivity contribution >= 4 is 48.9 Å². The molecule has 1 amide bonds. The number of benzene rings is 1. The Hall–Kier alpha value is -2.75. The maximum atomic E-state index is 12.6. The van der Waals surface area contributed by atoms with Gasteiger partial charge in [0.25, 0.3) is 5.91 Å². The summed E-state index contributed by atoms with van der Waals surface area (Å²) in [6, 6.07) is 11.4. The predicted molar refractivity (Wildman–Crippen MR) is 114 cm³/mol. The number of carbonyl (C=O) groups is 1. The molecule has 1 aromatic carbocycles. The number of anilines is 2. The van der Waals surface area contributed by atoms with Crippen LogP contribution < -0.4 is 10.2 Å². The number of aryl methyl sites for hydroxylation is 1. The molecule has 9 heteroatoms. The van der Waals surface area contributed by atoms with Crippen molar-refractivity contribution in [3.63, 3.8) is 0 Å². The first-order valence-corrected chi connectivity index (χ1v) is 10.3. The first kappa shape index (κ1) is 18.6. The molecule has 2 N–H and O–H groups in total. The number of carbonyl (C=O) groups excluding carboxylic acids is 1. The molecule has 28 heavy (non-hydrogen) atoms. The highest BCUT2D eigenvalue weighted by Gasteiger charge is 2.16. The van der Waals surface area contributed by atoms with Crippen LogP contribution in [0.3, 0.4) is 0 Å². The Labute approximate surface area is 169 Å². The number of nitrogens with one attached hydrogen (secondary N) is 1. The highest BCUT2D eigenvalue weighted by Crippen LogP contribution is 2.34. The van der Waals surface area contributed by atoms with Gasteiger partial charge in [-0.25, -0.2) is 4.98 Å². The van der Waals surface area contributed by atoms with E-state index in [4.69, 9.17) is 5.11 Å². The van der Waals surface area contributed by atoms with Crippen LogP contribution in [0, 0.1) is 0 Å². The number of fused-ring (bicyclic) bond motifs is 1. The zero-order chi connectivity index (χ0) is 19.7. The number of thiazole rings is 1. The van der Waals surface area contributed by atoms with Gasteiger partial charge in [0.05, 0.1) is 21.9 Å². The fraction of sp³-hybridized carbons (Fsp3) is 0.211. The van der Waals surface area contributed by atoms with Gasteiger partial charge >= 0.3 is 0 Å². The lowest BCUT2D eigenvalue weighted by atomic mass is 10.1. The number of hydrogen-bond donors (Lipinski definition) is 2. The number of aliphatic hydroxyl groups is 1. The van der Waals surface area contributed by atoms with E-state index in [0.717, 1.165) is 31.6 Å². The Morgan fingerprint density at radius 3 is 2.68 bits per heavy atom. The molecule has 0 saturated carbocycles. The molecule has 7 nitrogen and oxygen atoms in total. The van der Waals surface area contributed by atoms with Crippen molar-refractivity contribution in [3.8, 4) is 11.3 Å². The molecule has 0 radical (unpaired) electrons. The maximum absolute atomic E-state index is 12.6. The summed E-state index contributed by atoms with van der Waals surface area (Å²) >= 11 is 2.89. The molecule has 0 spiro atoms. The van der Waals surface area contributed by atoms with Crippen molar-refractivity contribution < 1.29 is 9.90 Å². The quantitative estimate of drug-likeness (QED) is 0.506. The van der Waals surface area contributed by atoms with E-state index >= 15 is 0 Å². The van der Waals surface area contributed by atoms with Crippen molar-refractivity contribution in [1.29, 1.82) is 0 Å². The molecule has 0 aliphatic rings. The third kappa shape index (κ3) is 3.77. The van der Waals surface area contributed by atoms with Crippen LogP contribution in [0.15, 0.2) is 42.6 Å². The first-order valence-electron chi connectivity index (χ1n) is 8.67. The number of thiophene rings is 1. The van der Waals surface area contributed by atoms with Gasteiger partial charge in [0, 0.05) is 38.1 Å². The highest BCUT2D eigenvalue weighted by atomic mass is 32.1. The van der Waals surface area contributed by atoms with Crippen LogP contribution in [-0.2, 0) is 7.05 Å². The summed E-state index contributed by atoms with van der Waals surface area (Å²) in [5.74, 6) is -0.147. The molecule has 0 atom stereocenters. The van der Waals surface area contributed by atoms with Crippen LogP contribution in [0.1, 0.15) is 9.67 Å². The lowest BCUT2D eigenvalue weighted by Crippen LogP contribution is -2.20. The number of rotatable bonds is 6. The average Bonchev–Trinajstić information content (AvgIpc) is 3.37. The van der Waals surface area contributed by atoms with Crippen molar-refractivity contribution in [3.05, 3.63) is 47.5 Å². The molecule has 0 bridgehead atoms. The van der Waals surface area contributed by atoms with E-state index in [0.29, 0.717) is 11.4 Å². The normalized spacial score (nSPS) is 11.1. The molecule has 3 heterocycles. The largest absolute Gasteiger partial charge is 0.395 e. The van der Waals surface area contributed by atoms with Gasteiger partial charge in [-0.05, 0) is 24.3 Å². The number of aliphatic hydroxyl groups excluding tert-OH is 1. The summed E-state index contributed by atoms with van der Waals surface area (Å²) in [5, 5.41) is 17.2. The molecule has 0 aliphatic carbocycles. The predicted octanol–water partition coefficient (Wildman–Crippen LogP) is 3.44. The average molecular weight is 414 g/mol. The summed E-state index contributed by atoms with van der Waals surface area (Å²) in [6.45, 7) is 0.610. The number of likely N-dealkylation sites (N-methyl/N-ethyl adjacent to an activating group) is 1. The Morgan fingerprint density at radius 2 is 2.04 bits per heavy atom. The fourth-order valence-electron chi connectivity index (χ4n) is 2.73. The number of nitrogens with zero attached hydrogens (tertiary/aromatic N) is 4. The van der Waals surface area contributed by atoms with Gasteiger partial charge in [-0.1, -0.05) is 23.5 Å². The van der Waals surface area contributed by atoms with Crippen LogP contribution in [0.4, 0.5) is 10.8 Å². The molecular weight excluding hydrogens is 394 g/mol. The van der Waals surface area contributed by atoms with E-state index in [1.807, 2.05) is 61.6 Å². The number of amides is 1. The maximum Gasteiger partial charge on any atom is 0.265 e. The molecule has 3 aromatic heterocycles.